The Morgan fingerprint density at radius 3 is 2.71 bits per heavy atom. The summed E-state index contributed by atoms with van der Waals surface area (Å²) in [5.41, 5.74) is 0.532. The van der Waals surface area contributed by atoms with Gasteiger partial charge in [0.25, 0.3) is 0 Å². The van der Waals surface area contributed by atoms with Crippen molar-refractivity contribution in [1.82, 2.24) is 0 Å². The van der Waals surface area contributed by atoms with Crippen LogP contribution in [0.4, 0.5) is 0 Å². The third-order valence-corrected chi connectivity index (χ3v) is 2.70. The minimum atomic E-state index is -0.513. The van der Waals surface area contributed by atoms with Crippen LogP contribution in [0, 0.1) is 0 Å². The average molecular weight is 273 g/mol. The number of Topliss-reactive ketones (excluding diaryl/α,β-unsaturated/α-hetero) is 1. The van der Waals surface area contributed by atoms with Gasteiger partial charge in [-0.25, -0.2) is 4.79 Å². The zero-order valence-electron chi connectivity index (χ0n) is 9.40. The first-order chi connectivity index (χ1) is 8.11. The minimum Gasteiger partial charge on any atom is -0.462 e. The zero-order chi connectivity index (χ0) is 12.8. The third-order valence-electron chi connectivity index (χ3n) is 2.14. The van der Waals surface area contributed by atoms with Crippen LogP contribution in [0.1, 0.15) is 34.1 Å². The van der Waals surface area contributed by atoms with Crippen LogP contribution in [0.2, 0.25) is 0 Å². The van der Waals surface area contributed by atoms with E-state index in [-0.39, 0.29) is 35.8 Å². The molecule has 92 valence electrons. The maximum Gasteiger partial charge on any atom is 0.338 e. The monoisotopic (exact) mass is 272 g/mol. The van der Waals surface area contributed by atoms with Crippen LogP contribution in [-0.2, 0) is 4.74 Å². The highest BCUT2D eigenvalue weighted by atomic mass is 35.5. The molecule has 0 N–H and O–H groups in total. The van der Waals surface area contributed by atoms with Gasteiger partial charge in [0.15, 0.2) is 5.78 Å². The van der Waals surface area contributed by atoms with Gasteiger partial charge in [-0.2, -0.15) is 0 Å². The van der Waals surface area contributed by atoms with Gasteiger partial charge in [0.05, 0.1) is 12.2 Å². The Morgan fingerprint density at radius 2 is 2.12 bits per heavy atom. The van der Waals surface area contributed by atoms with Crippen molar-refractivity contribution >= 4 is 36.0 Å². The molecule has 5 heteroatoms. The largest absolute Gasteiger partial charge is 0.462 e. The molecule has 0 atom stereocenters. The van der Waals surface area contributed by atoms with Crippen molar-refractivity contribution < 1.29 is 14.3 Å². The fourth-order valence-corrected chi connectivity index (χ4v) is 1.93. The zero-order valence-corrected chi connectivity index (χ0v) is 11.1. The van der Waals surface area contributed by atoms with Crippen molar-refractivity contribution in [1.29, 1.82) is 0 Å². The number of carbonyl (C=O) groups is 2. The Kier molecular flexibility index (Phi) is 5.51. The van der Waals surface area contributed by atoms with E-state index in [1.807, 2.05) is 0 Å². The normalized spacial score (nSPS) is 10.1. The van der Waals surface area contributed by atoms with Crippen LogP contribution in [0.15, 0.2) is 23.1 Å². The lowest BCUT2D eigenvalue weighted by Gasteiger charge is -2.09. The molecule has 1 rings (SSSR count). The Labute approximate surface area is 111 Å². The molecule has 17 heavy (non-hydrogen) atoms. The Balaban J connectivity index is 3.17. The number of hydrogen-bond acceptors (Lipinski definition) is 4. The van der Waals surface area contributed by atoms with Crippen LogP contribution in [0.25, 0.3) is 0 Å². The predicted molar refractivity (Wildman–Crippen MR) is 69.3 cm³/mol. The number of halogens is 1. The van der Waals surface area contributed by atoms with E-state index in [1.54, 1.807) is 25.1 Å². The summed E-state index contributed by atoms with van der Waals surface area (Å²) in [7, 11) is 0. The van der Waals surface area contributed by atoms with E-state index in [2.05, 4.69) is 12.6 Å². The maximum absolute atomic E-state index is 11.9. The van der Waals surface area contributed by atoms with Gasteiger partial charge in [0.2, 0.25) is 0 Å². The van der Waals surface area contributed by atoms with E-state index in [4.69, 9.17) is 16.3 Å². The molecule has 0 spiro atoms. The van der Waals surface area contributed by atoms with Crippen LogP contribution in [0.3, 0.4) is 0 Å². The number of esters is 1. The fourth-order valence-electron chi connectivity index (χ4n) is 1.42. The molecule has 0 saturated heterocycles. The highest BCUT2D eigenvalue weighted by Gasteiger charge is 2.19. The minimum absolute atomic E-state index is 0.172. The molecule has 0 radical (unpaired) electrons. The highest BCUT2D eigenvalue weighted by molar-refractivity contribution is 7.80. The number of ether oxygens (including phenoxy) is 1. The van der Waals surface area contributed by atoms with Crippen molar-refractivity contribution in [3.8, 4) is 0 Å². The summed E-state index contributed by atoms with van der Waals surface area (Å²) in [5.74, 6) is -0.501. The molecule has 0 heterocycles. The smallest absolute Gasteiger partial charge is 0.338 e. The van der Waals surface area contributed by atoms with E-state index in [0.29, 0.717) is 4.90 Å². The SMILES string of the molecule is CCOC(=O)c1cccc(S)c1C(=O)CCCl. The van der Waals surface area contributed by atoms with Gasteiger partial charge >= 0.3 is 5.97 Å². The molecule has 0 aliphatic carbocycles. The lowest BCUT2D eigenvalue weighted by atomic mass is 10.0. The summed E-state index contributed by atoms with van der Waals surface area (Å²) in [6.07, 6.45) is 0.172. The van der Waals surface area contributed by atoms with E-state index in [1.165, 1.54) is 0 Å². The second kappa shape index (κ2) is 6.67. The van der Waals surface area contributed by atoms with Crippen molar-refractivity contribution in [2.24, 2.45) is 0 Å². The third kappa shape index (κ3) is 3.48. The summed E-state index contributed by atoms with van der Waals surface area (Å²) in [4.78, 5) is 24.0. The first kappa shape index (κ1) is 14.1. The molecule has 0 saturated carbocycles. The Bertz CT molecular complexity index is 432. The van der Waals surface area contributed by atoms with Crippen molar-refractivity contribution in [2.75, 3.05) is 12.5 Å². The Hall–Kier alpha value is -1.00. The second-order valence-corrected chi connectivity index (χ2v) is 4.14. The van der Waals surface area contributed by atoms with Gasteiger partial charge in [-0.05, 0) is 19.1 Å². The summed E-state index contributed by atoms with van der Waals surface area (Å²) in [6.45, 7) is 1.97. The van der Waals surface area contributed by atoms with Gasteiger partial charge in [-0.3, -0.25) is 4.79 Å². The number of thiol groups is 1. The molecule has 0 fully saturated rings. The number of ketones is 1. The molecule has 0 aliphatic heterocycles. The predicted octanol–water partition coefficient (Wildman–Crippen LogP) is 2.96. The van der Waals surface area contributed by atoms with Gasteiger partial charge in [0.1, 0.15) is 0 Å². The highest BCUT2D eigenvalue weighted by Crippen LogP contribution is 2.21. The van der Waals surface area contributed by atoms with E-state index in [9.17, 15) is 9.59 Å². The lowest BCUT2D eigenvalue weighted by molar-refractivity contribution is 0.0522. The van der Waals surface area contributed by atoms with Gasteiger partial charge < -0.3 is 4.74 Å². The molecule has 0 amide bonds. The number of benzene rings is 1. The number of carbonyl (C=O) groups excluding carboxylic acids is 2. The van der Waals surface area contributed by atoms with Crippen LogP contribution >= 0.6 is 24.2 Å². The van der Waals surface area contributed by atoms with Gasteiger partial charge in [0, 0.05) is 22.8 Å². The maximum atomic E-state index is 11.9. The van der Waals surface area contributed by atoms with E-state index >= 15 is 0 Å². The Morgan fingerprint density at radius 1 is 1.41 bits per heavy atom. The number of rotatable bonds is 5. The van der Waals surface area contributed by atoms with E-state index < -0.39 is 5.97 Å². The number of hydrogen-bond donors (Lipinski definition) is 1. The fraction of sp³-hybridized carbons (Fsp3) is 0.333. The summed E-state index contributed by atoms with van der Waals surface area (Å²) >= 11 is 9.72. The quantitative estimate of drug-likeness (QED) is 0.388. The molecule has 1 aromatic rings. The molecule has 3 nitrogen and oxygen atoms in total. The first-order valence-corrected chi connectivity index (χ1v) is 6.18. The average Bonchev–Trinajstić information content (AvgIpc) is 2.29. The van der Waals surface area contributed by atoms with Gasteiger partial charge in [-0.1, -0.05) is 6.07 Å². The van der Waals surface area contributed by atoms with Gasteiger partial charge in [-0.15, -0.1) is 24.2 Å². The van der Waals surface area contributed by atoms with Crippen LogP contribution in [-0.4, -0.2) is 24.2 Å². The molecule has 1 aromatic carbocycles. The van der Waals surface area contributed by atoms with Crippen molar-refractivity contribution in [3.05, 3.63) is 29.3 Å². The molecule has 0 bridgehead atoms. The lowest BCUT2D eigenvalue weighted by Crippen LogP contribution is -2.13. The van der Waals surface area contributed by atoms with Crippen molar-refractivity contribution in [3.63, 3.8) is 0 Å². The van der Waals surface area contributed by atoms with Crippen LogP contribution in [0.5, 0.6) is 0 Å². The molecule has 0 aromatic heterocycles. The molecule has 0 unspecified atom stereocenters. The molecular weight excluding hydrogens is 260 g/mol. The molecular formula is C12H13ClO3S. The number of alkyl halides is 1. The topological polar surface area (TPSA) is 43.4 Å². The summed E-state index contributed by atoms with van der Waals surface area (Å²) in [6, 6.07) is 4.87. The standard InChI is InChI=1S/C12H13ClO3S/c1-2-16-12(15)8-4-3-5-10(17)11(8)9(14)6-7-13/h3-5,17H,2,6-7H2,1H3. The summed E-state index contributed by atoms with van der Waals surface area (Å²) < 4.78 is 4.89. The summed E-state index contributed by atoms with van der Waals surface area (Å²) in [5, 5.41) is 0. The van der Waals surface area contributed by atoms with Crippen molar-refractivity contribution in [2.45, 2.75) is 18.2 Å². The van der Waals surface area contributed by atoms with E-state index in [0.717, 1.165) is 0 Å². The van der Waals surface area contributed by atoms with Crippen LogP contribution < -0.4 is 0 Å². The first-order valence-electron chi connectivity index (χ1n) is 5.20. The second-order valence-electron chi connectivity index (χ2n) is 3.28. The molecule has 0 aliphatic rings.